The Hall–Kier alpha value is -4.53. The van der Waals surface area contributed by atoms with Gasteiger partial charge in [-0.15, -0.1) is 0 Å². The molecular weight excluding hydrogens is 459 g/mol. The smallest absolute Gasteiger partial charge is 0.254 e. The molecule has 0 saturated carbocycles. The zero-order valence-corrected chi connectivity index (χ0v) is 19.7. The lowest BCUT2D eigenvalue weighted by Gasteiger charge is -2.25. The van der Waals surface area contributed by atoms with Gasteiger partial charge in [-0.1, -0.05) is 25.1 Å². The van der Waals surface area contributed by atoms with Crippen molar-refractivity contribution in [1.29, 1.82) is 0 Å². The Balaban J connectivity index is 1.43. The van der Waals surface area contributed by atoms with Crippen LogP contribution in [0.2, 0.25) is 0 Å². The largest absolute Gasteiger partial charge is 0.368 e. The molecule has 4 N–H and O–H groups in total. The Morgan fingerprint density at radius 3 is 2.78 bits per heavy atom. The molecule has 2 aromatic carbocycles. The van der Waals surface area contributed by atoms with E-state index in [2.05, 4.69) is 39.6 Å². The van der Waals surface area contributed by atoms with E-state index < -0.39 is 17.6 Å². The number of hydrogen-bond donors (Lipinski definition) is 3. The van der Waals surface area contributed by atoms with Gasteiger partial charge in [-0.25, -0.2) is 9.37 Å². The monoisotopic (exact) mass is 484 g/mol. The number of nitrogens with zero attached hydrogens (tertiary/aromatic N) is 3. The predicted molar refractivity (Wildman–Crippen MR) is 137 cm³/mol. The number of benzene rings is 2. The van der Waals surface area contributed by atoms with E-state index in [0.29, 0.717) is 17.8 Å². The highest BCUT2D eigenvalue weighted by atomic mass is 19.1. The lowest BCUT2D eigenvalue weighted by molar-refractivity contribution is -0.117. The van der Waals surface area contributed by atoms with Crippen LogP contribution in [0.25, 0.3) is 22.2 Å². The van der Waals surface area contributed by atoms with Crippen molar-refractivity contribution in [3.05, 3.63) is 83.8 Å². The van der Waals surface area contributed by atoms with Crippen LogP contribution in [-0.2, 0) is 11.3 Å². The van der Waals surface area contributed by atoms with Crippen LogP contribution < -0.4 is 21.3 Å². The second-order valence-corrected chi connectivity index (χ2v) is 8.64. The van der Waals surface area contributed by atoms with Crippen molar-refractivity contribution >= 4 is 34.2 Å². The van der Waals surface area contributed by atoms with Crippen LogP contribution in [0.4, 0.5) is 15.9 Å². The fourth-order valence-corrected chi connectivity index (χ4v) is 4.39. The van der Waals surface area contributed by atoms with Gasteiger partial charge in [-0.3, -0.25) is 14.6 Å². The van der Waals surface area contributed by atoms with Crippen LogP contribution in [-0.4, -0.2) is 34.5 Å². The van der Waals surface area contributed by atoms with Gasteiger partial charge in [0, 0.05) is 23.7 Å². The maximum absolute atomic E-state index is 14.8. The first-order valence-corrected chi connectivity index (χ1v) is 11.7. The Bertz CT molecular complexity index is 1470. The first-order chi connectivity index (χ1) is 17.4. The average Bonchev–Trinajstić information content (AvgIpc) is 3.23. The summed E-state index contributed by atoms with van der Waals surface area (Å²) in [5, 5.41) is 6.89. The number of nitrogens with two attached hydrogens (primary N) is 1. The summed E-state index contributed by atoms with van der Waals surface area (Å²) in [6, 6.07) is 18.2. The van der Waals surface area contributed by atoms with E-state index >= 15 is 0 Å². The number of pyridine rings is 2. The number of amides is 2. The van der Waals surface area contributed by atoms with Gasteiger partial charge >= 0.3 is 0 Å². The minimum absolute atomic E-state index is 0.0698. The maximum Gasteiger partial charge on any atom is 0.254 e. The van der Waals surface area contributed by atoms with Gasteiger partial charge in [0.15, 0.2) is 5.82 Å². The highest BCUT2D eigenvalue weighted by Gasteiger charge is 2.29. The minimum Gasteiger partial charge on any atom is -0.368 e. The molecule has 1 atom stereocenters. The quantitative estimate of drug-likeness (QED) is 0.368. The number of anilines is 2. The lowest BCUT2D eigenvalue weighted by atomic mass is 10.1. The van der Waals surface area contributed by atoms with Crippen molar-refractivity contribution in [3.63, 3.8) is 0 Å². The number of hydrogen-bond acceptors (Lipinski definition) is 6. The molecule has 1 aliphatic rings. The van der Waals surface area contributed by atoms with Gasteiger partial charge in [-0.05, 0) is 54.4 Å². The van der Waals surface area contributed by atoms with E-state index in [1.165, 1.54) is 12.1 Å². The number of aromatic nitrogens is 2. The van der Waals surface area contributed by atoms with Crippen LogP contribution in [0.5, 0.6) is 0 Å². The molecule has 1 aliphatic heterocycles. The highest BCUT2D eigenvalue weighted by molar-refractivity contribution is 5.97. The Morgan fingerprint density at radius 2 is 2.00 bits per heavy atom. The summed E-state index contributed by atoms with van der Waals surface area (Å²) in [4.78, 5) is 34.5. The summed E-state index contributed by atoms with van der Waals surface area (Å²) in [7, 11) is 0. The number of carbonyl (C=O) groups is 2. The van der Waals surface area contributed by atoms with Crippen LogP contribution >= 0.6 is 0 Å². The molecule has 3 heterocycles. The van der Waals surface area contributed by atoms with Crippen LogP contribution in [0, 0.1) is 5.82 Å². The summed E-state index contributed by atoms with van der Waals surface area (Å²) in [6.07, 6.45) is 2.72. The Labute approximate surface area is 207 Å². The standard InChI is InChI=1S/C27H25FN6O2/c1-2-25-32-23-10-9-22(18-6-7-19(20(28)13-18)27(36)31-14-24(29)35)33-26(23)34(25)15-16-5-8-21-17(12-16)4-3-11-30-21/h3-13,25,32H,2,14-15H2,1H3,(H2,29,35)(H,31,36). The molecule has 36 heavy (non-hydrogen) atoms. The normalized spacial score (nSPS) is 14.4. The SMILES string of the molecule is CCC1Nc2ccc(-c3ccc(C(=O)NCC(N)=O)c(F)c3)nc2N1Cc1ccc2ncccc2c1. The molecule has 0 bridgehead atoms. The van der Waals surface area contributed by atoms with Gasteiger partial charge in [0.1, 0.15) is 12.0 Å². The van der Waals surface area contributed by atoms with E-state index in [9.17, 15) is 14.0 Å². The summed E-state index contributed by atoms with van der Waals surface area (Å²) in [6.45, 7) is 2.40. The molecule has 0 saturated heterocycles. The van der Waals surface area contributed by atoms with Gasteiger partial charge < -0.3 is 21.3 Å². The van der Waals surface area contributed by atoms with Gasteiger partial charge in [0.25, 0.3) is 5.91 Å². The van der Waals surface area contributed by atoms with Crippen molar-refractivity contribution in [2.24, 2.45) is 5.73 Å². The van der Waals surface area contributed by atoms with Crippen LogP contribution in [0.1, 0.15) is 29.3 Å². The van der Waals surface area contributed by atoms with E-state index in [1.54, 1.807) is 12.3 Å². The Morgan fingerprint density at radius 1 is 1.14 bits per heavy atom. The minimum atomic E-state index is -0.706. The molecule has 0 spiro atoms. The first-order valence-electron chi connectivity index (χ1n) is 11.7. The van der Waals surface area contributed by atoms with E-state index in [1.807, 2.05) is 30.3 Å². The molecule has 8 nitrogen and oxygen atoms in total. The number of primary amides is 1. The first kappa shape index (κ1) is 23.2. The molecule has 0 radical (unpaired) electrons. The van der Waals surface area contributed by atoms with Crippen LogP contribution in [0.3, 0.4) is 0 Å². The molecular formula is C27H25FN6O2. The molecule has 0 fully saturated rings. The molecule has 0 aliphatic carbocycles. The van der Waals surface area contributed by atoms with E-state index in [4.69, 9.17) is 10.7 Å². The topological polar surface area (TPSA) is 113 Å². The highest BCUT2D eigenvalue weighted by Crippen LogP contribution is 2.37. The summed E-state index contributed by atoms with van der Waals surface area (Å²) >= 11 is 0. The molecule has 2 amide bonds. The van der Waals surface area contributed by atoms with Gasteiger partial charge in [-0.2, -0.15) is 0 Å². The molecule has 182 valence electrons. The second-order valence-electron chi connectivity index (χ2n) is 8.64. The van der Waals surface area contributed by atoms with Crippen molar-refractivity contribution in [2.45, 2.75) is 26.1 Å². The van der Waals surface area contributed by atoms with Crippen molar-refractivity contribution in [3.8, 4) is 11.3 Å². The fraction of sp³-hybridized carbons (Fsp3) is 0.185. The molecule has 5 rings (SSSR count). The maximum atomic E-state index is 14.8. The zero-order valence-electron chi connectivity index (χ0n) is 19.7. The van der Waals surface area contributed by atoms with E-state index in [0.717, 1.165) is 34.4 Å². The molecule has 2 aromatic heterocycles. The third-order valence-corrected chi connectivity index (χ3v) is 6.19. The van der Waals surface area contributed by atoms with Gasteiger partial charge in [0.05, 0.1) is 29.0 Å². The summed E-state index contributed by atoms with van der Waals surface area (Å²) < 4.78 is 14.8. The lowest BCUT2D eigenvalue weighted by Crippen LogP contribution is -2.34. The summed E-state index contributed by atoms with van der Waals surface area (Å²) in [5.74, 6) is -1.32. The zero-order chi connectivity index (χ0) is 25.2. The van der Waals surface area contributed by atoms with Crippen LogP contribution in [0.15, 0.2) is 66.9 Å². The number of fused-ring (bicyclic) bond motifs is 2. The average molecular weight is 485 g/mol. The number of carbonyl (C=O) groups excluding carboxylic acids is 2. The molecule has 4 aromatic rings. The second kappa shape index (κ2) is 9.61. The van der Waals surface area contributed by atoms with Crippen molar-refractivity contribution in [1.82, 2.24) is 15.3 Å². The van der Waals surface area contributed by atoms with Crippen molar-refractivity contribution < 1.29 is 14.0 Å². The molecule has 9 heteroatoms. The predicted octanol–water partition coefficient (Wildman–Crippen LogP) is 3.82. The third kappa shape index (κ3) is 4.55. The fourth-order valence-electron chi connectivity index (χ4n) is 4.39. The third-order valence-electron chi connectivity index (χ3n) is 6.19. The Kier molecular flexibility index (Phi) is 6.20. The van der Waals surface area contributed by atoms with E-state index in [-0.39, 0.29) is 18.3 Å². The number of rotatable bonds is 7. The number of nitrogens with one attached hydrogen (secondary N) is 2. The summed E-state index contributed by atoms with van der Waals surface area (Å²) in [5.41, 5.74) is 8.99. The molecule has 1 unspecified atom stereocenters. The number of halogens is 1. The van der Waals surface area contributed by atoms with Gasteiger partial charge in [0.2, 0.25) is 5.91 Å². The van der Waals surface area contributed by atoms with Crippen molar-refractivity contribution in [2.75, 3.05) is 16.8 Å².